The molecule has 2 aliphatic heterocycles. The van der Waals surface area contributed by atoms with Crippen molar-refractivity contribution in [1.82, 2.24) is 9.88 Å². The second-order valence-corrected chi connectivity index (χ2v) is 7.48. The van der Waals surface area contributed by atoms with Crippen LogP contribution in [0.5, 0.6) is 5.75 Å². The van der Waals surface area contributed by atoms with Gasteiger partial charge in [-0.15, -0.1) is 0 Å². The van der Waals surface area contributed by atoms with Gasteiger partial charge < -0.3 is 19.5 Å². The molecule has 0 saturated carbocycles. The molecule has 4 rings (SSSR count). The van der Waals surface area contributed by atoms with Crippen LogP contribution in [0.15, 0.2) is 36.2 Å². The standard InChI is InChI=1S/C18H22N2O3.C2HF3O2/c21-17(14-4-1-2-5-14)20-12-18(13-20)15(7-9-23-18)11-22-16-6-3-8-19-10-16;3-2(4,5)1(6)7/h3-4,6,8,10,15H,1-2,5,7,9,11-13H2;(H,6,7). The number of alkyl halides is 3. The molecule has 1 amide bonds. The highest BCUT2D eigenvalue weighted by Crippen LogP contribution is 2.41. The summed E-state index contributed by atoms with van der Waals surface area (Å²) < 4.78 is 43.6. The van der Waals surface area contributed by atoms with Crippen molar-refractivity contribution < 1.29 is 37.3 Å². The minimum atomic E-state index is -5.08. The van der Waals surface area contributed by atoms with Gasteiger partial charge in [-0.25, -0.2) is 4.79 Å². The molecule has 0 bridgehead atoms. The summed E-state index contributed by atoms with van der Waals surface area (Å²) >= 11 is 0. The van der Waals surface area contributed by atoms with Crippen LogP contribution in [-0.2, 0) is 14.3 Å². The highest BCUT2D eigenvalue weighted by molar-refractivity contribution is 5.94. The number of allylic oxidation sites excluding steroid dienone is 1. The first-order valence-electron chi connectivity index (χ1n) is 9.66. The third-order valence-electron chi connectivity index (χ3n) is 5.45. The van der Waals surface area contributed by atoms with Gasteiger partial charge in [-0.05, 0) is 37.8 Å². The molecular weight excluding hydrogens is 405 g/mol. The molecule has 3 aliphatic rings. The minimum absolute atomic E-state index is 0.197. The molecule has 30 heavy (non-hydrogen) atoms. The van der Waals surface area contributed by atoms with Crippen molar-refractivity contribution in [3.8, 4) is 5.75 Å². The van der Waals surface area contributed by atoms with E-state index in [0.717, 1.165) is 43.6 Å². The van der Waals surface area contributed by atoms with E-state index in [0.29, 0.717) is 25.6 Å². The fourth-order valence-corrected chi connectivity index (χ4v) is 3.81. The zero-order valence-corrected chi connectivity index (χ0v) is 16.2. The van der Waals surface area contributed by atoms with Crippen molar-refractivity contribution in [3.63, 3.8) is 0 Å². The van der Waals surface area contributed by atoms with E-state index in [4.69, 9.17) is 19.4 Å². The van der Waals surface area contributed by atoms with Crippen LogP contribution in [0.1, 0.15) is 25.7 Å². The Kier molecular flexibility index (Phi) is 6.64. The molecule has 164 valence electrons. The van der Waals surface area contributed by atoms with Crippen molar-refractivity contribution in [1.29, 1.82) is 0 Å². The predicted octanol–water partition coefficient (Wildman–Crippen LogP) is 2.82. The van der Waals surface area contributed by atoms with Gasteiger partial charge in [-0.3, -0.25) is 9.78 Å². The number of carbonyl (C=O) groups is 2. The maximum Gasteiger partial charge on any atom is 0.490 e. The Balaban J connectivity index is 0.000000318. The maximum atomic E-state index is 12.4. The Bertz CT molecular complexity index is 791. The number of hydrogen-bond donors (Lipinski definition) is 1. The normalized spacial score (nSPS) is 22.0. The zero-order valence-electron chi connectivity index (χ0n) is 16.2. The number of rotatable bonds is 4. The molecule has 2 fully saturated rings. The maximum absolute atomic E-state index is 12.4. The van der Waals surface area contributed by atoms with Gasteiger partial charge >= 0.3 is 12.1 Å². The number of aromatic nitrogens is 1. The second kappa shape index (κ2) is 9.03. The first-order valence-corrected chi connectivity index (χ1v) is 9.66. The molecule has 1 spiro atoms. The van der Waals surface area contributed by atoms with Gasteiger partial charge in [0.2, 0.25) is 5.91 Å². The molecule has 1 aliphatic carbocycles. The molecule has 1 atom stereocenters. The average molecular weight is 428 g/mol. The summed E-state index contributed by atoms with van der Waals surface area (Å²) in [6, 6.07) is 3.79. The number of amides is 1. The van der Waals surface area contributed by atoms with Gasteiger partial charge in [0.05, 0.1) is 25.9 Å². The van der Waals surface area contributed by atoms with E-state index in [9.17, 15) is 18.0 Å². The number of halogens is 3. The lowest BCUT2D eigenvalue weighted by molar-refractivity contribution is -0.192. The van der Waals surface area contributed by atoms with Crippen molar-refractivity contribution >= 4 is 11.9 Å². The summed E-state index contributed by atoms with van der Waals surface area (Å²) in [6.45, 7) is 2.77. The molecule has 10 heteroatoms. The van der Waals surface area contributed by atoms with Crippen molar-refractivity contribution in [3.05, 3.63) is 36.2 Å². The lowest BCUT2D eigenvalue weighted by atomic mass is 9.81. The SMILES string of the molecule is O=C(C1=CCCC1)N1CC2(C1)OCCC2COc1cccnc1.O=C(O)C(F)(F)F. The summed E-state index contributed by atoms with van der Waals surface area (Å²) in [4.78, 5) is 27.3. The van der Waals surface area contributed by atoms with Crippen LogP contribution in [0.25, 0.3) is 0 Å². The number of carbonyl (C=O) groups excluding carboxylic acids is 1. The van der Waals surface area contributed by atoms with Gasteiger partial charge in [-0.1, -0.05) is 6.08 Å². The summed E-state index contributed by atoms with van der Waals surface area (Å²) in [5, 5.41) is 7.12. The van der Waals surface area contributed by atoms with Crippen LogP contribution in [0, 0.1) is 5.92 Å². The van der Waals surface area contributed by atoms with Gasteiger partial charge in [0, 0.05) is 24.3 Å². The lowest BCUT2D eigenvalue weighted by Crippen LogP contribution is -2.67. The molecule has 0 aromatic carbocycles. The van der Waals surface area contributed by atoms with E-state index in [2.05, 4.69) is 11.1 Å². The minimum Gasteiger partial charge on any atom is -0.492 e. The van der Waals surface area contributed by atoms with Crippen LogP contribution < -0.4 is 4.74 Å². The molecule has 2 saturated heterocycles. The number of carboxylic acids is 1. The Labute approximate surface area is 171 Å². The summed E-state index contributed by atoms with van der Waals surface area (Å²) in [5.74, 6) is -1.43. The first kappa shape index (κ1) is 22.1. The fourth-order valence-electron chi connectivity index (χ4n) is 3.81. The van der Waals surface area contributed by atoms with Gasteiger partial charge in [0.15, 0.2) is 0 Å². The van der Waals surface area contributed by atoms with Crippen LogP contribution in [0.4, 0.5) is 13.2 Å². The van der Waals surface area contributed by atoms with Gasteiger partial charge in [-0.2, -0.15) is 13.2 Å². The molecule has 7 nitrogen and oxygen atoms in total. The topological polar surface area (TPSA) is 89.0 Å². The van der Waals surface area contributed by atoms with Crippen molar-refractivity contribution in [2.24, 2.45) is 5.92 Å². The number of ether oxygens (including phenoxy) is 2. The third kappa shape index (κ3) is 5.10. The largest absolute Gasteiger partial charge is 0.492 e. The molecule has 1 N–H and O–H groups in total. The predicted molar refractivity (Wildman–Crippen MR) is 98.7 cm³/mol. The number of likely N-dealkylation sites (tertiary alicyclic amines) is 1. The van der Waals surface area contributed by atoms with Crippen LogP contribution >= 0.6 is 0 Å². The Morgan fingerprint density at radius 3 is 2.67 bits per heavy atom. The third-order valence-corrected chi connectivity index (χ3v) is 5.45. The molecule has 1 aromatic heterocycles. The van der Waals surface area contributed by atoms with Crippen molar-refractivity contribution in [2.45, 2.75) is 37.5 Å². The van der Waals surface area contributed by atoms with Crippen LogP contribution in [-0.4, -0.2) is 64.9 Å². The Hall–Kier alpha value is -2.62. The molecule has 1 aromatic rings. The number of hydrogen-bond acceptors (Lipinski definition) is 5. The smallest absolute Gasteiger partial charge is 0.490 e. The molecule has 1 unspecified atom stereocenters. The average Bonchev–Trinajstić information content (AvgIpc) is 3.35. The van der Waals surface area contributed by atoms with Gasteiger partial charge in [0.25, 0.3) is 0 Å². The highest BCUT2D eigenvalue weighted by Gasteiger charge is 2.55. The number of carboxylic acid groups (broad SMARTS) is 1. The quantitative estimate of drug-likeness (QED) is 0.794. The number of aliphatic carboxylic acids is 1. The zero-order chi connectivity index (χ0) is 21.8. The van der Waals surface area contributed by atoms with E-state index in [1.807, 2.05) is 17.0 Å². The van der Waals surface area contributed by atoms with Crippen LogP contribution in [0.2, 0.25) is 0 Å². The Morgan fingerprint density at radius 2 is 2.10 bits per heavy atom. The van der Waals surface area contributed by atoms with Crippen molar-refractivity contribution in [2.75, 3.05) is 26.3 Å². The summed E-state index contributed by atoms with van der Waals surface area (Å²) in [5.41, 5.74) is 0.790. The van der Waals surface area contributed by atoms with Crippen LogP contribution in [0.3, 0.4) is 0 Å². The second-order valence-electron chi connectivity index (χ2n) is 7.48. The lowest BCUT2D eigenvalue weighted by Gasteiger charge is -2.50. The first-order chi connectivity index (χ1) is 14.2. The van der Waals surface area contributed by atoms with E-state index >= 15 is 0 Å². The summed E-state index contributed by atoms with van der Waals surface area (Å²) in [7, 11) is 0. The van der Waals surface area contributed by atoms with E-state index in [1.165, 1.54) is 0 Å². The van der Waals surface area contributed by atoms with E-state index in [1.54, 1.807) is 12.4 Å². The molecular formula is C20H23F3N2O5. The van der Waals surface area contributed by atoms with E-state index in [-0.39, 0.29) is 11.5 Å². The number of nitrogens with zero attached hydrogens (tertiary/aromatic N) is 2. The number of pyridine rings is 1. The van der Waals surface area contributed by atoms with E-state index < -0.39 is 12.1 Å². The highest BCUT2D eigenvalue weighted by atomic mass is 19.4. The Morgan fingerprint density at radius 1 is 1.37 bits per heavy atom. The fraction of sp³-hybridized carbons (Fsp3) is 0.550. The monoisotopic (exact) mass is 428 g/mol. The molecule has 3 heterocycles. The van der Waals surface area contributed by atoms with Gasteiger partial charge in [0.1, 0.15) is 11.4 Å². The molecule has 0 radical (unpaired) electrons. The summed E-state index contributed by atoms with van der Waals surface area (Å²) in [6.07, 6.45) is 4.54.